The quantitative estimate of drug-likeness (QED) is 0.843. The molecule has 0 aliphatic carbocycles. The van der Waals surface area contributed by atoms with Gasteiger partial charge in [0.25, 0.3) is 0 Å². The first kappa shape index (κ1) is 12.0. The van der Waals surface area contributed by atoms with E-state index >= 15 is 0 Å². The Labute approximate surface area is 103 Å². The number of aromatic nitrogens is 1. The summed E-state index contributed by atoms with van der Waals surface area (Å²) in [6, 6.07) is 7.92. The number of nitrogens with zero attached hydrogens (tertiary/aromatic N) is 1. The maximum atomic E-state index is 13.4. The van der Waals surface area contributed by atoms with E-state index in [9.17, 15) is 9.18 Å². The van der Waals surface area contributed by atoms with Gasteiger partial charge in [-0.05, 0) is 53.1 Å². The summed E-state index contributed by atoms with van der Waals surface area (Å²) in [5, 5.41) is 8.54. The molecular weight excluding hydrogens is 233 g/mol. The highest BCUT2D eigenvalue weighted by Gasteiger charge is 2.02. The molecule has 0 fully saturated rings. The summed E-state index contributed by atoms with van der Waals surface area (Å²) in [6.07, 6.45) is 5.57. The lowest BCUT2D eigenvalue weighted by molar-refractivity contribution is -0.131. The fourth-order valence-corrected chi connectivity index (χ4v) is 1.59. The number of hydrogen-bond acceptors (Lipinski definition) is 2. The summed E-state index contributed by atoms with van der Waals surface area (Å²) in [5.74, 6) is -1.47. The van der Waals surface area contributed by atoms with Crippen molar-refractivity contribution >= 4 is 12.0 Å². The van der Waals surface area contributed by atoms with Crippen molar-refractivity contribution in [3.05, 3.63) is 60.2 Å². The van der Waals surface area contributed by atoms with Crippen LogP contribution in [0.1, 0.15) is 5.56 Å². The van der Waals surface area contributed by atoms with E-state index in [0.29, 0.717) is 11.1 Å². The van der Waals surface area contributed by atoms with Gasteiger partial charge in [0.15, 0.2) is 0 Å². The lowest BCUT2D eigenvalue weighted by atomic mass is 10.0. The van der Waals surface area contributed by atoms with Crippen LogP contribution < -0.4 is 0 Å². The average molecular weight is 243 g/mol. The van der Waals surface area contributed by atoms with E-state index in [1.54, 1.807) is 30.6 Å². The van der Waals surface area contributed by atoms with Crippen molar-refractivity contribution < 1.29 is 14.3 Å². The minimum atomic E-state index is -1.07. The monoisotopic (exact) mass is 243 g/mol. The van der Waals surface area contributed by atoms with Crippen LogP contribution in [-0.2, 0) is 4.79 Å². The van der Waals surface area contributed by atoms with Crippen molar-refractivity contribution in [3.63, 3.8) is 0 Å². The minimum Gasteiger partial charge on any atom is -0.478 e. The highest BCUT2D eigenvalue weighted by atomic mass is 19.1. The smallest absolute Gasteiger partial charge is 0.328 e. The van der Waals surface area contributed by atoms with E-state index in [1.165, 1.54) is 18.2 Å². The second kappa shape index (κ2) is 5.23. The van der Waals surface area contributed by atoms with Gasteiger partial charge in [-0.2, -0.15) is 0 Å². The van der Waals surface area contributed by atoms with E-state index in [2.05, 4.69) is 4.98 Å². The molecule has 0 radical (unpaired) electrons. The zero-order valence-corrected chi connectivity index (χ0v) is 9.38. The summed E-state index contributed by atoms with van der Waals surface area (Å²) < 4.78 is 13.4. The van der Waals surface area contributed by atoms with Crippen LogP contribution in [0.5, 0.6) is 0 Å². The van der Waals surface area contributed by atoms with E-state index in [4.69, 9.17) is 5.11 Å². The normalized spacial score (nSPS) is 10.7. The third-order valence-corrected chi connectivity index (χ3v) is 2.35. The van der Waals surface area contributed by atoms with Crippen LogP contribution in [0.3, 0.4) is 0 Å². The van der Waals surface area contributed by atoms with Gasteiger partial charge in [0, 0.05) is 18.5 Å². The molecule has 0 saturated heterocycles. The molecule has 18 heavy (non-hydrogen) atoms. The van der Waals surface area contributed by atoms with E-state index in [-0.39, 0.29) is 0 Å². The molecule has 0 unspecified atom stereocenters. The Morgan fingerprint density at radius 3 is 2.56 bits per heavy atom. The lowest BCUT2D eigenvalue weighted by Gasteiger charge is -2.03. The molecular formula is C14H10FNO2. The van der Waals surface area contributed by atoms with Gasteiger partial charge in [0.05, 0.1) is 0 Å². The molecule has 0 spiro atoms. The SMILES string of the molecule is O=C(O)/C=C/c1cc(F)cc(-c2ccncc2)c1. The van der Waals surface area contributed by atoms with Crippen molar-refractivity contribution in [2.75, 3.05) is 0 Å². The Morgan fingerprint density at radius 1 is 1.17 bits per heavy atom. The molecule has 0 bridgehead atoms. The van der Waals surface area contributed by atoms with Crippen LogP contribution in [0.4, 0.5) is 4.39 Å². The fourth-order valence-electron chi connectivity index (χ4n) is 1.59. The number of pyridine rings is 1. The number of carboxylic acids is 1. The number of carboxylic acid groups (broad SMARTS) is 1. The van der Waals surface area contributed by atoms with Gasteiger partial charge in [-0.15, -0.1) is 0 Å². The average Bonchev–Trinajstić information content (AvgIpc) is 2.37. The van der Waals surface area contributed by atoms with Crippen molar-refractivity contribution in [2.24, 2.45) is 0 Å². The largest absolute Gasteiger partial charge is 0.478 e. The summed E-state index contributed by atoms with van der Waals surface area (Å²) >= 11 is 0. The predicted octanol–water partition coefficient (Wildman–Crippen LogP) is 2.99. The predicted molar refractivity (Wildman–Crippen MR) is 66.3 cm³/mol. The maximum Gasteiger partial charge on any atom is 0.328 e. The summed E-state index contributed by atoms with van der Waals surface area (Å²) in [4.78, 5) is 14.3. The van der Waals surface area contributed by atoms with E-state index in [1.807, 2.05) is 0 Å². The fraction of sp³-hybridized carbons (Fsp3) is 0. The zero-order valence-electron chi connectivity index (χ0n) is 9.38. The number of hydrogen-bond donors (Lipinski definition) is 1. The van der Waals surface area contributed by atoms with E-state index in [0.717, 1.165) is 11.6 Å². The molecule has 1 aromatic carbocycles. The van der Waals surface area contributed by atoms with Crippen LogP contribution in [-0.4, -0.2) is 16.1 Å². The minimum absolute atomic E-state index is 0.408. The van der Waals surface area contributed by atoms with Gasteiger partial charge in [0.2, 0.25) is 0 Å². The van der Waals surface area contributed by atoms with E-state index < -0.39 is 11.8 Å². The molecule has 1 aromatic heterocycles. The van der Waals surface area contributed by atoms with Gasteiger partial charge in [-0.25, -0.2) is 9.18 Å². The van der Waals surface area contributed by atoms with Gasteiger partial charge in [-0.1, -0.05) is 0 Å². The molecule has 0 aliphatic rings. The number of benzene rings is 1. The molecule has 90 valence electrons. The standard InChI is InChI=1S/C14H10FNO2/c15-13-8-10(1-2-14(17)18)7-12(9-13)11-3-5-16-6-4-11/h1-9H,(H,17,18)/b2-1+. The first-order valence-electron chi connectivity index (χ1n) is 5.27. The van der Waals surface area contributed by atoms with Crippen LogP contribution in [0.25, 0.3) is 17.2 Å². The number of rotatable bonds is 3. The Hall–Kier alpha value is -2.49. The van der Waals surface area contributed by atoms with Crippen LogP contribution in [0, 0.1) is 5.82 Å². The lowest BCUT2D eigenvalue weighted by Crippen LogP contribution is -1.87. The second-order valence-corrected chi connectivity index (χ2v) is 3.68. The van der Waals surface area contributed by atoms with Gasteiger partial charge in [-0.3, -0.25) is 4.98 Å². The summed E-state index contributed by atoms with van der Waals surface area (Å²) in [6.45, 7) is 0. The van der Waals surface area contributed by atoms with Gasteiger partial charge in [0.1, 0.15) is 5.82 Å². The van der Waals surface area contributed by atoms with Gasteiger partial charge >= 0.3 is 5.97 Å². The molecule has 1 N–H and O–H groups in total. The highest BCUT2D eigenvalue weighted by molar-refractivity contribution is 5.85. The van der Waals surface area contributed by atoms with Crippen molar-refractivity contribution in [2.45, 2.75) is 0 Å². The third-order valence-electron chi connectivity index (χ3n) is 2.35. The van der Waals surface area contributed by atoms with Crippen molar-refractivity contribution in [3.8, 4) is 11.1 Å². The number of aliphatic carboxylic acids is 1. The molecule has 2 aromatic rings. The second-order valence-electron chi connectivity index (χ2n) is 3.68. The molecule has 0 amide bonds. The molecule has 0 aliphatic heterocycles. The van der Waals surface area contributed by atoms with Crippen LogP contribution in [0.15, 0.2) is 48.8 Å². The van der Waals surface area contributed by atoms with Gasteiger partial charge < -0.3 is 5.11 Å². The van der Waals surface area contributed by atoms with Crippen molar-refractivity contribution in [1.82, 2.24) is 4.98 Å². The Kier molecular flexibility index (Phi) is 3.48. The molecule has 2 rings (SSSR count). The van der Waals surface area contributed by atoms with Crippen molar-refractivity contribution in [1.29, 1.82) is 0 Å². The molecule has 4 heteroatoms. The molecule has 0 saturated carbocycles. The molecule has 0 atom stereocenters. The third kappa shape index (κ3) is 3.01. The Balaban J connectivity index is 2.41. The zero-order chi connectivity index (χ0) is 13.0. The topological polar surface area (TPSA) is 50.2 Å². The molecule has 1 heterocycles. The number of halogens is 1. The van der Waals surface area contributed by atoms with Crippen LogP contribution >= 0.6 is 0 Å². The Bertz CT molecular complexity index is 594. The highest BCUT2D eigenvalue weighted by Crippen LogP contribution is 2.21. The summed E-state index contributed by atoms with van der Waals surface area (Å²) in [5.41, 5.74) is 2.01. The first-order valence-corrected chi connectivity index (χ1v) is 5.27. The Morgan fingerprint density at radius 2 is 1.89 bits per heavy atom. The summed E-state index contributed by atoms with van der Waals surface area (Å²) in [7, 11) is 0. The van der Waals surface area contributed by atoms with Crippen LogP contribution in [0.2, 0.25) is 0 Å². The first-order chi connectivity index (χ1) is 8.65. The molecule has 3 nitrogen and oxygen atoms in total. The maximum absolute atomic E-state index is 13.4. The number of carbonyl (C=O) groups is 1.